The monoisotopic (exact) mass is 251 g/mol. The maximum Gasteiger partial charge on any atom is 0.0360 e. The Balaban J connectivity index is 2.78. The van der Waals surface area contributed by atoms with Crippen molar-refractivity contribution < 1.29 is 0 Å². The van der Waals surface area contributed by atoms with Gasteiger partial charge >= 0.3 is 0 Å². The summed E-state index contributed by atoms with van der Waals surface area (Å²) in [6.07, 6.45) is 3.89. The number of benzene rings is 1. The van der Waals surface area contributed by atoms with Crippen molar-refractivity contribution in [1.29, 1.82) is 0 Å². The average molecular weight is 252 g/mol. The van der Waals surface area contributed by atoms with Gasteiger partial charge in [0.25, 0.3) is 0 Å². The Hall–Kier alpha value is -0.890. The molecule has 0 saturated heterocycles. The van der Waals surface area contributed by atoms with Gasteiger partial charge in [0, 0.05) is 17.2 Å². The Morgan fingerprint density at radius 2 is 2.00 bits per heavy atom. The Labute approximate surface area is 93.7 Å². The third kappa shape index (κ3) is 3.46. The van der Waals surface area contributed by atoms with Gasteiger partial charge in [-0.1, -0.05) is 28.1 Å². The quantitative estimate of drug-likeness (QED) is 0.722. The van der Waals surface area contributed by atoms with Crippen LogP contribution >= 0.6 is 15.9 Å². The van der Waals surface area contributed by atoms with Gasteiger partial charge in [-0.2, -0.15) is 0 Å². The van der Waals surface area contributed by atoms with Crippen molar-refractivity contribution in [2.24, 2.45) is 4.99 Å². The van der Waals surface area contributed by atoms with Gasteiger partial charge in [0.15, 0.2) is 0 Å². The number of allylic oxidation sites excluding steroid dienone is 2. The van der Waals surface area contributed by atoms with Gasteiger partial charge in [-0.3, -0.25) is 4.99 Å². The number of hydrogen-bond acceptors (Lipinski definition) is 1. The van der Waals surface area contributed by atoms with E-state index in [-0.39, 0.29) is 0 Å². The maximum absolute atomic E-state index is 4.14. The highest BCUT2D eigenvalue weighted by atomic mass is 79.9. The van der Waals surface area contributed by atoms with Crippen LogP contribution in [-0.4, -0.2) is 12.8 Å². The third-order valence-corrected chi connectivity index (χ3v) is 2.44. The SMILES string of the molecule is CCN=C/C=C(\C)c1ccc(Br)cc1. The number of nitrogens with zero attached hydrogens (tertiary/aromatic N) is 1. The molecule has 0 spiro atoms. The first kappa shape index (κ1) is 11.2. The molecule has 0 heterocycles. The highest BCUT2D eigenvalue weighted by Crippen LogP contribution is 2.16. The van der Waals surface area contributed by atoms with Gasteiger partial charge < -0.3 is 0 Å². The highest BCUT2D eigenvalue weighted by molar-refractivity contribution is 9.10. The summed E-state index contributed by atoms with van der Waals surface area (Å²) in [5.41, 5.74) is 2.46. The van der Waals surface area contributed by atoms with Crippen molar-refractivity contribution in [3.05, 3.63) is 40.4 Å². The van der Waals surface area contributed by atoms with Crippen LogP contribution in [0.15, 0.2) is 39.8 Å². The second-order valence-electron chi connectivity index (χ2n) is 3.00. The molecule has 0 N–H and O–H groups in total. The fraction of sp³-hybridized carbons (Fsp3) is 0.250. The summed E-state index contributed by atoms with van der Waals surface area (Å²) in [6.45, 7) is 4.95. The van der Waals surface area contributed by atoms with Gasteiger partial charge in [0.2, 0.25) is 0 Å². The topological polar surface area (TPSA) is 12.4 Å². The number of halogens is 1. The summed E-state index contributed by atoms with van der Waals surface area (Å²) in [5.74, 6) is 0. The van der Waals surface area contributed by atoms with Crippen molar-refractivity contribution in [2.75, 3.05) is 6.54 Å². The third-order valence-electron chi connectivity index (χ3n) is 1.91. The summed E-state index contributed by atoms with van der Waals surface area (Å²) in [7, 11) is 0. The summed E-state index contributed by atoms with van der Waals surface area (Å²) in [5, 5.41) is 0. The van der Waals surface area contributed by atoms with Crippen molar-refractivity contribution in [3.63, 3.8) is 0 Å². The second-order valence-corrected chi connectivity index (χ2v) is 3.92. The van der Waals surface area contributed by atoms with E-state index in [0.29, 0.717) is 0 Å². The number of hydrogen-bond donors (Lipinski definition) is 0. The maximum atomic E-state index is 4.14. The van der Waals surface area contributed by atoms with Gasteiger partial charge in [-0.05, 0) is 43.2 Å². The van der Waals surface area contributed by atoms with Crippen LogP contribution < -0.4 is 0 Å². The van der Waals surface area contributed by atoms with Crippen molar-refractivity contribution in [2.45, 2.75) is 13.8 Å². The van der Waals surface area contributed by atoms with E-state index in [9.17, 15) is 0 Å². The minimum atomic E-state index is 0.837. The van der Waals surface area contributed by atoms with Gasteiger partial charge in [-0.25, -0.2) is 0 Å². The predicted octanol–water partition coefficient (Wildman–Crippen LogP) is 3.94. The van der Waals surface area contributed by atoms with Crippen molar-refractivity contribution in [3.8, 4) is 0 Å². The molecule has 0 amide bonds. The van der Waals surface area contributed by atoms with Crippen LogP contribution in [-0.2, 0) is 0 Å². The van der Waals surface area contributed by atoms with E-state index in [1.165, 1.54) is 11.1 Å². The van der Waals surface area contributed by atoms with Gasteiger partial charge in [0.1, 0.15) is 0 Å². The normalized spacial score (nSPS) is 12.4. The average Bonchev–Trinajstić information content (AvgIpc) is 2.19. The van der Waals surface area contributed by atoms with Crippen LogP contribution in [0.1, 0.15) is 19.4 Å². The van der Waals surface area contributed by atoms with E-state index < -0.39 is 0 Å². The molecule has 1 nitrogen and oxygen atoms in total. The zero-order valence-electron chi connectivity index (χ0n) is 8.50. The van der Waals surface area contributed by atoms with E-state index in [2.05, 4.69) is 40.0 Å². The smallest absolute Gasteiger partial charge is 0.0360 e. The molecule has 0 saturated carbocycles. The van der Waals surface area contributed by atoms with Crippen LogP contribution in [0.2, 0.25) is 0 Å². The molecule has 0 unspecified atom stereocenters. The minimum Gasteiger partial charge on any atom is -0.293 e. The molecule has 1 rings (SSSR count). The molecule has 0 aromatic heterocycles. The van der Waals surface area contributed by atoms with Crippen molar-refractivity contribution in [1.82, 2.24) is 0 Å². The lowest BCUT2D eigenvalue weighted by molar-refractivity contribution is 1.14. The zero-order valence-corrected chi connectivity index (χ0v) is 10.1. The lowest BCUT2D eigenvalue weighted by Crippen LogP contribution is -1.80. The van der Waals surface area contributed by atoms with Crippen LogP contribution in [0.3, 0.4) is 0 Å². The predicted molar refractivity (Wildman–Crippen MR) is 66.8 cm³/mol. The number of rotatable bonds is 3. The van der Waals surface area contributed by atoms with Crippen LogP contribution in [0.4, 0.5) is 0 Å². The fourth-order valence-electron chi connectivity index (χ4n) is 1.08. The second kappa shape index (κ2) is 5.76. The molecule has 74 valence electrons. The minimum absolute atomic E-state index is 0.837. The van der Waals surface area contributed by atoms with Crippen LogP contribution in [0, 0.1) is 0 Å². The molecule has 14 heavy (non-hydrogen) atoms. The Bertz CT molecular complexity index is 336. The highest BCUT2D eigenvalue weighted by Gasteiger charge is 1.93. The Kier molecular flexibility index (Phi) is 4.60. The lowest BCUT2D eigenvalue weighted by Gasteiger charge is -1.99. The van der Waals surface area contributed by atoms with E-state index in [4.69, 9.17) is 0 Å². The first-order valence-electron chi connectivity index (χ1n) is 4.66. The standard InChI is InChI=1S/C12H14BrN/c1-3-14-9-8-10(2)11-4-6-12(13)7-5-11/h4-9H,3H2,1-2H3/b10-8+,14-9?. The van der Waals surface area contributed by atoms with E-state index in [1.54, 1.807) is 0 Å². The van der Waals surface area contributed by atoms with E-state index >= 15 is 0 Å². The Morgan fingerprint density at radius 3 is 2.57 bits per heavy atom. The molecule has 1 aromatic carbocycles. The van der Waals surface area contributed by atoms with Gasteiger partial charge in [0.05, 0.1) is 0 Å². The summed E-state index contributed by atoms with van der Waals surface area (Å²) >= 11 is 3.41. The fourth-order valence-corrected chi connectivity index (χ4v) is 1.34. The van der Waals surface area contributed by atoms with Crippen LogP contribution in [0.25, 0.3) is 5.57 Å². The first-order valence-corrected chi connectivity index (χ1v) is 5.46. The molecule has 0 aliphatic carbocycles. The van der Waals surface area contributed by atoms with Crippen LogP contribution in [0.5, 0.6) is 0 Å². The summed E-state index contributed by atoms with van der Waals surface area (Å²) < 4.78 is 1.11. The van der Waals surface area contributed by atoms with Gasteiger partial charge in [-0.15, -0.1) is 0 Å². The first-order chi connectivity index (χ1) is 6.74. The Morgan fingerprint density at radius 1 is 1.36 bits per heavy atom. The molecule has 0 aliphatic heterocycles. The molecule has 1 aromatic rings. The summed E-state index contributed by atoms with van der Waals surface area (Å²) in [6, 6.07) is 8.28. The lowest BCUT2D eigenvalue weighted by atomic mass is 10.1. The largest absolute Gasteiger partial charge is 0.293 e. The molecule has 0 bridgehead atoms. The molecule has 2 heteroatoms. The molecule has 0 radical (unpaired) electrons. The molecular weight excluding hydrogens is 238 g/mol. The molecule has 0 atom stereocenters. The van der Waals surface area contributed by atoms with E-state index in [1.807, 2.05) is 31.3 Å². The molecule has 0 fully saturated rings. The zero-order chi connectivity index (χ0) is 10.4. The summed E-state index contributed by atoms with van der Waals surface area (Å²) in [4.78, 5) is 4.14. The number of aliphatic imine (C=N–C) groups is 1. The van der Waals surface area contributed by atoms with E-state index in [0.717, 1.165) is 11.0 Å². The van der Waals surface area contributed by atoms with Crippen molar-refractivity contribution >= 4 is 27.7 Å². The molecular formula is C12H14BrN. The molecule has 0 aliphatic rings.